The van der Waals surface area contributed by atoms with Gasteiger partial charge in [-0.3, -0.25) is 4.79 Å². The summed E-state index contributed by atoms with van der Waals surface area (Å²) in [5.41, 5.74) is 5.77. The number of nitrogens with one attached hydrogen (secondary N) is 1. The van der Waals surface area contributed by atoms with Crippen molar-refractivity contribution in [2.75, 3.05) is 18.9 Å². The van der Waals surface area contributed by atoms with Gasteiger partial charge in [0.15, 0.2) is 5.13 Å². The number of rotatable bonds is 5. The Kier molecular flexibility index (Phi) is 4.51. The fraction of sp³-hybridized carbons (Fsp3) is 0.556. The molecular formula is C9H15N3O2S. The Bertz CT molecular complexity index is 327. The Balaban J connectivity index is 2.36. The molecule has 1 heterocycles. The van der Waals surface area contributed by atoms with Crippen LogP contribution in [0.15, 0.2) is 5.38 Å². The Morgan fingerprint density at radius 3 is 3.07 bits per heavy atom. The van der Waals surface area contributed by atoms with Crippen LogP contribution in [0.3, 0.4) is 0 Å². The number of aliphatic hydroxyl groups excluding tert-OH is 1. The van der Waals surface area contributed by atoms with Gasteiger partial charge >= 0.3 is 0 Å². The number of nitrogens with zero attached hydrogens (tertiary/aromatic N) is 1. The topological polar surface area (TPSA) is 88.2 Å². The molecule has 0 aliphatic heterocycles. The molecule has 0 spiro atoms. The van der Waals surface area contributed by atoms with Gasteiger partial charge in [-0.2, -0.15) is 0 Å². The molecule has 0 fully saturated rings. The van der Waals surface area contributed by atoms with Crippen LogP contribution in [0.5, 0.6) is 0 Å². The van der Waals surface area contributed by atoms with Gasteiger partial charge in [-0.05, 0) is 12.3 Å². The number of aromatic nitrogens is 1. The third-order valence-electron chi connectivity index (χ3n) is 1.99. The maximum Gasteiger partial charge on any atom is 0.270 e. The number of carbonyl (C=O) groups is 1. The fourth-order valence-corrected chi connectivity index (χ4v) is 1.62. The second-order valence-corrected chi connectivity index (χ2v) is 4.29. The SMILES string of the molecule is CC(CCO)CNC(=O)c1csc(N)n1. The van der Waals surface area contributed by atoms with E-state index in [2.05, 4.69) is 10.3 Å². The van der Waals surface area contributed by atoms with Crippen molar-refractivity contribution in [3.8, 4) is 0 Å². The van der Waals surface area contributed by atoms with Crippen LogP contribution in [0.4, 0.5) is 5.13 Å². The van der Waals surface area contributed by atoms with E-state index >= 15 is 0 Å². The lowest BCUT2D eigenvalue weighted by Crippen LogP contribution is -2.28. The molecule has 0 radical (unpaired) electrons. The van der Waals surface area contributed by atoms with Gasteiger partial charge in [0.1, 0.15) is 5.69 Å². The van der Waals surface area contributed by atoms with Crippen molar-refractivity contribution in [3.63, 3.8) is 0 Å². The first-order chi connectivity index (χ1) is 7.13. The molecule has 1 rings (SSSR count). The average molecular weight is 229 g/mol. The molecule has 0 bridgehead atoms. The smallest absolute Gasteiger partial charge is 0.270 e. The molecule has 5 nitrogen and oxygen atoms in total. The summed E-state index contributed by atoms with van der Waals surface area (Å²) in [5, 5.41) is 13.4. The first kappa shape index (κ1) is 11.9. The Labute approximate surface area is 92.3 Å². The van der Waals surface area contributed by atoms with E-state index < -0.39 is 0 Å². The highest BCUT2D eigenvalue weighted by molar-refractivity contribution is 7.13. The van der Waals surface area contributed by atoms with Gasteiger partial charge in [-0.1, -0.05) is 6.92 Å². The number of nitrogens with two attached hydrogens (primary N) is 1. The van der Waals surface area contributed by atoms with Crippen molar-refractivity contribution < 1.29 is 9.90 Å². The standard InChI is InChI=1S/C9H15N3O2S/c1-6(2-3-13)4-11-8(14)7-5-15-9(10)12-7/h5-6,13H,2-4H2,1H3,(H2,10,12)(H,11,14). The molecule has 4 N–H and O–H groups in total. The monoisotopic (exact) mass is 229 g/mol. The Hall–Kier alpha value is -1.14. The summed E-state index contributed by atoms with van der Waals surface area (Å²) in [4.78, 5) is 15.4. The molecule has 84 valence electrons. The van der Waals surface area contributed by atoms with Gasteiger partial charge < -0.3 is 16.2 Å². The highest BCUT2D eigenvalue weighted by atomic mass is 32.1. The number of hydrogen-bond donors (Lipinski definition) is 3. The van der Waals surface area contributed by atoms with E-state index in [-0.39, 0.29) is 18.4 Å². The molecule has 1 amide bonds. The number of aliphatic hydroxyl groups is 1. The summed E-state index contributed by atoms with van der Waals surface area (Å²) < 4.78 is 0. The fourth-order valence-electron chi connectivity index (χ4n) is 1.07. The van der Waals surface area contributed by atoms with Crippen molar-refractivity contribution in [2.24, 2.45) is 5.92 Å². The van der Waals surface area contributed by atoms with Gasteiger partial charge in [0.2, 0.25) is 0 Å². The maximum atomic E-state index is 11.5. The largest absolute Gasteiger partial charge is 0.396 e. The Morgan fingerprint density at radius 1 is 1.80 bits per heavy atom. The number of thiazole rings is 1. The van der Waals surface area contributed by atoms with Gasteiger partial charge in [0.05, 0.1) is 0 Å². The Morgan fingerprint density at radius 2 is 2.53 bits per heavy atom. The maximum absolute atomic E-state index is 11.5. The van der Waals surface area contributed by atoms with E-state index in [4.69, 9.17) is 10.8 Å². The molecule has 0 aromatic carbocycles. The highest BCUT2D eigenvalue weighted by Crippen LogP contribution is 2.10. The molecule has 1 aromatic heterocycles. The number of anilines is 1. The van der Waals surface area contributed by atoms with Gasteiger partial charge in [0.25, 0.3) is 5.91 Å². The van der Waals surface area contributed by atoms with Crippen LogP contribution < -0.4 is 11.1 Å². The molecular weight excluding hydrogens is 214 g/mol. The van der Waals surface area contributed by atoms with Gasteiger partial charge in [-0.15, -0.1) is 11.3 Å². The molecule has 0 aliphatic rings. The quantitative estimate of drug-likeness (QED) is 0.685. The van der Waals surface area contributed by atoms with E-state index in [0.29, 0.717) is 23.8 Å². The van der Waals surface area contributed by atoms with Crippen molar-refractivity contribution in [1.82, 2.24) is 10.3 Å². The number of carbonyl (C=O) groups excluding carboxylic acids is 1. The lowest BCUT2D eigenvalue weighted by atomic mass is 10.1. The van der Waals surface area contributed by atoms with Crippen LogP contribution in [0.1, 0.15) is 23.8 Å². The molecule has 1 unspecified atom stereocenters. The van der Waals surface area contributed by atoms with Gasteiger partial charge in [0, 0.05) is 18.5 Å². The predicted octanol–water partition coefficient (Wildman–Crippen LogP) is 0.474. The summed E-state index contributed by atoms with van der Waals surface area (Å²) in [6.45, 7) is 2.64. The summed E-state index contributed by atoms with van der Waals surface area (Å²) in [6.07, 6.45) is 0.680. The number of nitrogen functional groups attached to an aromatic ring is 1. The van der Waals surface area contributed by atoms with Crippen LogP contribution in [0.2, 0.25) is 0 Å². The number of amides is 1. The second-order valence-electron chi connectivity index (χ2n) is 3.40. The molecule has 6 heteroatoms. The minimum absolute atomic E-state index is 0.140. The first-order valence-electron chi connectivity index (χ1n) is 4.73. The lowest BCUT2D eigenvalue weighted by molar-refractivity contribution is 0.0941. The number of hydrogen-bond acceptors (Lipinski definition) is 5. The molecule has 15 heavy (non-hydrogen) atoms. The summed E-state index contributed by atoms with van der Waals surface area (Å²) in [6, 6.07) is 0. The highest BCUT2D eigenvalue weighted by Gasteiger charge is 2.10. The minimum atomic E-state index is -0.215. The zero-order valence-electron chi connectivity index (χ0n) is 8.56. The third kappa shape index (κ3) is 3.85. The molecule has 1 atom stereocenters. The molecule has 1 aromatic rings. The third-order valence-corrected chi connectivity index (χ3v) is 2.66. The van der Waals surface area contributed by atoms with E-state index in [0.717, 1.165) is 0 Å². The van der Waals surface area contributed by atoms with Crippen molar-refractivity contribution in [3.05, 3.63) is 11.1 Å². The van der Waals surface area contributed by atoms with Crippen molar-refractivity contribution >= 4 is 22.4 Å². The van der Waals surface area contributed by atoms with Crippen LogP contribution in [-0.2, 0) is 0 Å². The second kappa shape index (κ2) is 5.67. The molecule has 0 saturated carbocycles. The lowest BCUT2D eigenvalue weighted by Gasteiger charge is -2.09. The van der Waals surface area contributed by atoms with E-state index in [1.165, 1.54) is 11.3 Å². The minimum Gasteiger partial charge on any atom is -0.396 e. The van der Waals surface area contributed by atoms with Crippen molar-refractivity contribution in [2.45, 2.75) is 13.3 Å². The van der Waals surface area contributed by atoms with E-state index in [1.54, 1.807) is 5.38 Å². The average Bonchev–Trinajstić information content (AvgIpc) is 2.62. The van der Waals surface area contributed by atoms with E-state index in [9.17, 15) is 4.79 Å². The normalized spacial score (nSPS) is 12.4. The molecule has 0 aliphatic carbocycles. The zero-order chi connectivity index (χ0) is 11.3. The first-order valence-corrected chi connectivity index (χ1v) is 5.61. The zero-order valence-corrected chi connectivity index (χ0v) is 9.38. The van der Waals surface area contributed by atoms with Crippen LogP contribution in [0, 0.1) is 5.92 Å². The van der Waals surface area contributed by atoms with Crippen LogP contribution in [-0.4, -0.2) is 29.1 Å². The predicted molar refractivity (Wildman–Crippen MR) is 59.7 cm³/mol. The summed E-state index contributed by atoms with van der Waals surface area (Å²) in [7, 11) is 0. The van der Waals surface area contributed by atoms with E-state index in [1.807, 2.05) is 6.92 Å². The molecule has 0 saturated heterocycles. The van der Waals surface area contributed by atoms with Crippen molar-refractivity contribution in [1.29, 1.82) is 0 Å². The van der Waals surface area contributed by atoms with Crippen LogP contribution >= 0.6 is 11.3 Å². The van der Waals surface area contributed by atoms with Crippen LogP contribution in [0.25, 0.3) is 0 Å². The van der Waals surface area contributed by atoms with Gasteiger partial charge in [-0.25, -0.2) is 4.98 Å². The summed E-state index contributed by atoms with van der Waals surface area (Å²) in [5.74, 6) is 0.0441. The summed E-state index contributed by atoms with van der Waals surface area (Å²) >= 11 is 1.24.